The summed E-state index contributed by atoms with van der Waals surface area (Å²) in [7, 11) is 0. The minimum Gasteiger partial charge on any atom is -0.502 e. The number of rotatable bonds is 3. The molecule has 38 heavy (non-hydrogen) atoms. The van der Waals surface area contributed by atoms with Gasteiger partial charge in [0, 0.05) is 40.1 Å². The van der Waals surface area contributed by atoms with Gasteiger partial charge in [0.15, 0.2) is 23.1 Å². The number of aromatic hydroxyl groups is 1. The van der Waals surface area contributed by atoms with Gasteiger partial charge in [-0.15, -0.1) is 11.8 Å². The number of thioether (sulfide) groups is 1. The Balaban J connectivity index is 1.49. The molecule has 2 bridgehead atoms. The number of pyridine rings is 1. The van der Waals surface area contributed by atoms with Gasteiger partial charge >= 0.3 is 0 Å². The van der Waals surface area contributed by atoms with E-state index in [4.69, 9.17) is 4.74 Å². The molecule has 7 nitrogen and oxygen atoms in total. The maximum Gasteiger partial charge on any atom is 0.278 e. The van der Waals surface area contributed by atoms with Crippen molar-refractivity contribution in [2.24, 2.45) is 0 Å². The predicted octanol–water partition coefficient (Wildman–Crippen LogP) is 4.55. The van der Waals surface area contributed by atoms with Crippen LogP contribution in [-0.2, 0) is 12.3 Å². The van der Waals surface area contributed by atoms with Gasteiger partial charge in [-0.25, -0.2) is 8.78 Å². The summed E-state index contributed by atoms with van der Waals surface area (Å²) in [6, 6.07) is 11.7. The van der Waals surface area contributed by atoms with Crippen LogP contribution >= 0.6 is 11.8 Å². The van der Waals surface area contributed by atoms with Crippen molar-refractivity contribution >= 4 is 17.7 Å². The van der Waals surface area contributed by atoms with E-state index in [1.807, 2.05) is 36.4 Å². The van der Waals surface area contributed by atoms with Crippen molar-refractivity contribution in [1.29, 1.82) is 0 Å². The summed E-state index contributed by atoms with van der Waals surface area (Å²) in [4.78, 5) is 28.5. The summed E-state index contributed by atoms with van der Waals surface area (Å²) in [6.07, 6.45) is 7.48. The molecule has 3 heterocycles. The monoisotopic (exact) mass is 537 g/mol. The number of carbonyl (C=O) groups is 1. The number of hydrogen-bond donors (Lipinski definition) is 1. The third-order valence-corrected chi connectivity index (χ3v) is 8.53. The van der Waals surface area contributed by atoms with Gasteiger partial charge < -0.3 is 14.7 Å². The van der Waals surface area contributed by atoms with E-state index in [0.717, 1.165) is 30.2 Å². The molecule has 1 aliphatic carbocycles. The van der Waals surface area contributed by atoms with E-state index in [9.17, 15) is 19.1 Å². The lowest BCUT2D eigenvalue weighted by molar-refractivity contribution is 0.0264. The van der Waals surface area contributed by atoms with Gasteiger partial charge in [0.2, 0.25) is 5.43 Å². The Morgan fingerprint density at radius 3 is 2.63 bits per heavy atom. The molecule has 3 aromatic rings. The van der Waals surface area contributed by atoms with E-state index >= 15 is 4.39 Å². The van der Waals surface area contributed by atoms with E-state index in [1.165, 1.54) is 28.7 Å². The number of ether oxygens (including phenoxy) is 1. The van der Waals surface area contributed by atoms with Crippen molar-refractivity contribution < 1.29 is 23.4 Å². The summed E-state index contributed by atoms with van der Waals surface area (Å²) in [5, 5.41) is 12.4. The Kier molecular flexibility index (Phi) is 6.14. The molecular weight excluding hydrogens is 512 g/mol. The second-order valence-electron chi connectivity index (χ2n) is 9.66. The summed E-state index contributed by atoms with van der Waals surface area (Å²) >= 11 is 1.37. The first-order valence-corrected chi connectivity index (χ1v) is 13.4. The average molecular weight is 538 g/mol. The topological polar surface area (TPSA) is 75.0 Å². The number of carbonyl (C=O) groups excluding carboxylic acids is 1. The highest BCUT2D eigenvalue weighted by molar-refractivity contribution is 7.98. The number of fused-ring (bicyclic) bond motifs is 6. The van der Waals surface area contributed by atoms with Crippen LogP contribution in [-0.4, -0.2) is 39.4 Å². The van der Waals surface area contributed by atoms with Crippen LogP contribution in [0.2, 0.25) is 0 Å². The van der Waals surface area contributed by atoms with Crippen LogP contribution in [0.3, 0.4) is 0 Å². The Labute approximate surface area is 221 Å². The van der Waals surface area contributed by atoms with Crippen LogP contribution < -0.4 is 15.2 Å². The van der Waals surface area contributed by atoms with Gasteiger partial charge in [-0.05, 0) is 37.5 Å². The molecule has 1 spiro atoms. The molecule has 2 aliphatic heterocycles. The van der Waals surface area contributed by atoms with Crippen LogP contribution in [0.4, 0.5) is 8.78 Å². The van der Waals surface area contributed by atoms with Gasteiger partial charge in [0.25, 0.3) is 5.91 Å². The highest BCUT2D eigenvalue weighted by Crippen LogP contribution is 2.42. The normalized spacial score (nSPS) is 18.6. The summed E-state index contributed by atoms with van der Waals surface area (Å²) in [5.74, 6) is -2.69. The number of hydrogen-bond acceptors (Lipinski definition) is 6. The molecule has 1 aromatic heterocycles. The minimum absolute atomic E-state index is 0.0480. The zero-order valence-electron chi connectivity index (χ0n) is 20.4. The van der Waals surface area contributed by atoms with E-state index in [-0.39, 0.29) is 42.6 Å². The number of halogens is 2. The van der Waals surface area contributed by atoms with Crippen LogP contribution in [0.25, 0.3) is 0 Å². The lowest BCUT2D eigenvalue weighted by atomic mass is 9.74. The molecule has 196 valence electrons. The lowest BCUT2D eigenvalue weighted by Gasteiger charge is -2.52. The molecule has 3 aliphatic rings. The Morgan fingerprint density at radius 1 is 1.11 bits per heavy atom. The Morgan fingerprint density at radius 2 is 1.89 bits per heavy atom. The molecule has 0 unspecified atom stereocenters. The molecule has 1 saturated carbocycles. The van der Waals surface area contributed by atoms with Gasteiger partial charge in [0.1, 0.15) is 19.0 Å². The molecule has 6 rings (SSSR count). The highest BCUT2D eigenvalue weighted by atomic mass is 32.2. The number of nitrogens with zero attached hydrogens (tertiary/aromatic N) is 3. The van der Waals surface area contributed by atoms with Gasteiger partial charge in [0.05, 0.1) is 12.1 Å². The average Bonchev–Trinajstić information content (AvgIpc) is 2.92. The van der Waals surface area contributed by atoms with Crippen molar-refractivity contribution in [3.05, 3.63) is 99.5 Å². The van der Waals surface area contributed by atoms with Crippen molar-refractivity contribution in [2.45, 2.75) is 42.0 Å². The zero-order chi connectivity index (χ0) is 26.4. The SMILES string of the molecule is O=C1c2c(O)c(=O)ccn2N2Cc3c(cc(F)c(F)c3CSc3ccccc3)OC/C=C/C3(CCC3)N1C2. The molecular formula is C28H25F2N3O4S. The van der Waals surface area contributed by atoms with Crippen LogP contribution in [0.5, 0.6) is 11.5 Å². The first-order chi connectivity index (χ1) is 18.4. The standard InChI is InChI=1S/C28H25F2N3O4S/c29-21-14-23-19(20(24(21)30)16-38-18-6-2-1-3-7-18)15-31-17-32(28(9-4-10-28)11-5-13-37-23)27(36)25-26(35)22(34)8-12-33(25)31/h1-3,5-8,11-12,14,35H,4,9-10,13,15-17H2/b11-5+. The summed E-state index contributed by atoms with van der Waals surface area (Å²) in [6.45, 7) is 0.289. The van der Waals surface area contributed by atoms with E-state index in [0.29, 0.717) is 5.56 Å². The number of benzene rings is 2. The van der Waals surface area contributed by atoms with E-state index in [2.05, 4.69) is 0 Å². The smallest absolute Gasteiger partial charge is 0.278 e. The lowest BCUT2D eigenvalue weighted by Crippen LogP contribution is -2.63. The zero-order valence-corrected chi connectivity index (χ0v) is 21.2. The largest absolute Gasteiger partial charge is 0.502 e. The summed E-state index contributed by atoms with van der Waals surface area (Å²) in [5.41, 5.74) is -0.811. The second kappa shape index (κ2) is 9.50. The molecule has 0 saturated heterocycles. The molecule has 1 fully saturated rings. The quantitative estimate of drug-likeness (QED) is 0.391. The summed E-state index contributed by atoms with van der Waals surface area (Å²) < 4.78 is 37.5. The van der Waals surface area contributed by atoms with Crippen LogP contribution in [0, 0.1) is 11.6 Å². The number of aromatic nitrogens is 1. The Bertz CT molecular complexity index is 1500. The molecule has 0 atom stereocenters. The van der Waals surface area contributed by atoms with Gasteiger partial charge in [-0.2, -0.15) is 0 Å². The molecule has 10 heteroatoms. The first kappa shape index (κ1) is 24.5. The number of amides is 1. The first-order valence-electron chi connectivity index (χ1n) is 12.4. The molecule has 1 amide bonds. The van der Waals surface area contributed by atoms with E-state index in [1.54, 1.807) is 16.0 Å². The fraction of sp³-hybridized carbons (Fsp3) is 0.286. The predicted molar refractivity (Wildman–Crippen MR) is 139 cm³/mol. The van der Waals surface area contributed by atoms with E-state index < -0.39 is 34.3 Å². The van der Waals surface area contributed by atoms with Crippen molar-refractivity contribution in [3.8, 4) is 11.5 Å². The highest BCUT2D eigenvalue weighted by Gasteiger charge is 2.47. The fourth-order valence-corrected chi connectivity index (χ4v) is 6.28. The van der Waals surface area contributed by atoms with Gasteiger partial charge in [-0.3, -0.25) is 19.3 Å². The van der Waals surface area contributed by atoms with Crippen LogP contribution in [0.15, 0.2) is 70.5 Å². The third kappa shape index (κ3) is 4.03. The maximum absolute atomic E-state index is 15.3. The fourth-order valence-electron chi connectivity index (χ4n) is 5.31. The molecule has 0 radical (unpaired) electrons. The Hall–Kier alpha value is -3.79. The molecule has 1 N–H and O–H groups in total. The maximum atomic E-state index is 15.3. The van der Waals surface area contributed by atoms with Crippen molar-refractivity contribution in [1.82, 2.24) is 9.58 Å². The second-order valence-corrected chi connectivity index (χ2v) is 10.7. The van der Waals surface area contributed by atoms with Gasteiger partial charge in [-0.1, -0.05) is 24.3 Å². The molecule has 2 aromatic carbocycles. The third-order valence-electron chi connectivity index (χ3n) is 7.49. The van der Waals surface area contributed by atoms with Crippen molar-refractivity contribution in [3.63, 3.8) is 0 Å². The van der Waals surface area contributed by atoms with Crippen LogP contribution in [0.1, 0.15) is 40.9 Å². The van der Waals surface area contributed by atoms with Crippen molar-refractivity contribution in [2.75, 3.05) is 18.3 Å². The minimum atomic E-state index is -1.00.